The van der Waals surface area contributed by atoms with E-state index in [2.05, 4.69) is 10.0 Å². The highest BCUT2D eigenvalue weighted by atomic mass is 16.4. The van der Waals surface area contributed by atoms with Gasteiger partial charge in [-0.2, -0.15) is 0 Å². The molecule has 0 atom stereocenters. The second kappa shape index (κ2) is 4.51. The van der Waals surface area contributed by atoms with Crippen molar-refractivity contribution in [3.63, 3.8) is 0 Å². The molecule has 0 radical (unpaired) electrons. The van der Waals surface area contributed by atoms with Gasteiger partial charge < -0.3 is 4.42 Å². The third kappa shape index (κ3) is 2.16. The summed E-state index contributed by atoms with van der Waals surface area (Å²) in [5.74, 6) is -0.553. The average Bonchev–Trinajstić information content (AvgIpc) is 2.35. The summed E-state index contributed by atoms with van der Waals surface area (Å²) in [4.78, 5) is 25.5. The number of Topliss-reactive ketones (excluding diaryl/α,β-unsaturated/α-hetero) is 1. The van der Waals surface area contributed by atoms with Crippen molar-refractivity contribution in [1.82, 2.24) is 0 Å². The molecule has 1 heterocycles. The van der Waals surface area contributed by atoms with Gasteiger partial charge in [0.1, 0.15) is 11.1 Å². The van der Waals surface area contributed by atoms with E-state index in [0.717, 1.165) is 0 Å². The first kappa shape index (κ1) is 10.9. The largest absolute Gasteiger partial charge is 0.422 e. The lowest BCUT2D eigenvalue weighted by Crippen LogP contribution is -2.15. The number of azide groups is 1. The van der Waals surface area contributed by atoms with Crippen LogP contribution in [-0.4, -0.2) is 12.3 Å². The van der Waals surface area contributed by atoms with Crippen LogP contribution in [0.1, 0.15) is 10.4 Å². The Morgan fingerprint density at radius 3 is 2.94 bits per heavy atom. The molecular formula is C11H7N3O3. The number of rotatable bonds is 3. The minimum atomic E-state index is -0.721. The topological polar surface area (TPSA) is 96.0 Å². The van der Waals surface area contributed by atoms with Gasteiger partial charge in [-0.25, -0.2) is 4.79 Å². The quantitative estimate of drug-likeness (QED) is 0.265. The summed E-state index contributed by atoms with van der Waals surface area (Å²) in [5.41, 5.74) is 7.70. The monoisotopic (exact) mass is 229 g/mol. The summed E-state index contributed by atoms with van der Waals surface area (Å²) in [7, 11) is 0. The zero-order valence-corrected chi connectivity index (χ0v) is 8.66. The Hall–Kier alpha value is -2.59. The van der Waals surface area contributed by atoms with Crippen LogP contribution in [-0.2, 0) is 0 Å². The first-order valence-electron chi connectivity index (χ1n) is 4.79. The van der Waals surface area contributed by atoms with Crippen LogP contribution < -0.4 is 5.63 Å². The number of fused-ring (bicyclic) bond motifs is 1. The lowest BCUT2D eigenvalue weighted by molar-refractivity contribution is 0.0998. The van der Waals surface area contributed by atoms with Crippen molar-refractivity contribution >= 4 is 16.8 Å². The number of carbonyl (C=O) groups is 1. The van der Waals surface area contributed by atoms with Gasteiger partial charge in [-0.15, -0.1) is 0 Å². The van der Waals surface area contributed by atoms with Crippen LogP contribution >= 0.6 is 0 Å². The molecule has 0 saturated heterocycles. The number of para-hydroxylation sites is 1. The van der Waals surface area contributed by atoms with Gasteiger partial charge in [0.2, 0.25) is 0 Å². The predicted molar refractivity (Wildman–Crippen MR) is 60.8 cm³/mol. The SMILES string of the molecule is [N-]=[N+]=NCC(=O)c1cc2ccccc2oc1=O. The maximum absolute atomic E-state index is 11.5. The van der Waals surface area contributed by atoms with Gasteiger partial charge in [-0.1, -0.05) is 23.3 Å². The molecule has 0 saturated carbocycles. The molecule has 84 valence electrons. The molecular weight excluding hydrogens is 222 g/mol. The van der Waals surface area contributed by atoms with Crippen molar-refractivity contribution in [2.45, 2.75) is 0 Å². The van der Waals surface area contributed by atoms with Gasteiger partial charge in [0.25, 0.3) is 0 Å². The highest BCUT2D eigenvalue weighted by Crippen LogP contribution is 2.12. The summed E-state index contributed by atoms with van der Waals surface area (Å²) in [6.07, 6.45) is 0. The molecule has 0 spiro atoms. The third-order valence-electron chi connectivity index (χ3n) is 2.22. The Morgan fingerprint density at radius 2 is 2.18 bits per heavy atom. The van der Waals surface area contributed by atoms with E-state index < -0.39 is 11.4 Å². The Bertz CT molecular complexity index is 684. The van der Waals surface area contributed by atoms with Crippen molar-refractivity contribution < 1.29 is 9.21 Å². The zero-order valence-electron chi connectivity index (χ0n) is 8.66. The van der Waals surface area contributed by atoms with Crippen molar-refractivity contribution in [3.05, 3.63) is 56.8 Å². The van der Waals surface area contributed by atoms with E-state index in [1.54, 1.807) is 24.3 Å². The molecule has 2 aromatic rings. The molecule has 1 aromatic carbocycles. The van der Waals surface area contributed by atoms with E-state index in [1.807, 2.05) is 0 Å². The minimum absolute atomic E-state index is 0.101. The number of ketones is 1. The average molecular weight is 229 g/mol. The second-order valence-corrected chi connectivity index (χ2v) is 3.30. The van der Waals surface area contributed by atoms with Crippen molar-refractivity contribution in [2.75, 3.05) is 6.54 Å². The lowest BCUT2D eigenvalue weighted by atomic mass is 10.1. The molecule has 17 heavy (non-hydrogen) atoms. The highest BCUT2D eigenvalue weighted by molar-refractivity contribution is 5.99. The van der Waals surface area contributed by atoms with E-state index >= 15 is 0 Å². The van der Waals surface area contributed by atoms with E-state index in [9.17, 15) is 9.59 Å². The standard InChI is InChI=1S/C11H7N3O3/c12-14-13-6-9(15)8-5-7-3-1-2-4-10(7)17-11(8)16/h1-5H,6H2. The molecule has 0 unspecified atom stereocenters. The fourth-order valence-electron chi connectivity index (χ4n) is 1.44. The molecule has 0 aliphatic heterocycles. The van der Waals surface area contributed by atoms with Gasteiger partial charge >= 0.3 is 5.63 Å². The molecule has 0 amide bonds. The van der Waals surface area contributed by atoms with E-state index in [4.69, 9.17) is 9.95 Å². The molecule has 2 rings (SSSR count). The molecule has 0 aliphatic carbocycles. The van der Waals surface area contributed by atoms with Crippen LogP contribution in [0.4, 0.5) is 0 Å². The number of benzene rings is 1. The number of carbonyl (C=O) groups excluding carboxylic acids is 1. The Labute approximate surface area is 95.1 Å². The van der Waals surface area contributed by atoms with Gasteiger partial charge in [-0.3, -0.25) is 4.79 Å². The van der Waals surface area contributed by atoms with E-state index in [1.165, 1.54) is 6.07 Å². The van der Waals surface area contributed by atoms with Crippen LogP contribution in [0.2, 0.25) is 0 Å². The number of hydrogen-bond acceptors (Lipinski definition) is 4. The van der Waals surface area contributed by atoms with Crippen molar-refractivity contribution in [1.29, 1.82) is 0 Å². The molecule has 0 bridgehead atoms. The second-order valence-electron chi connectivity index (χ2n) is 3.30. The zero-order chi connectivity index (χ0) is 12.3. The summed E-state index contributed by atoms with van der Waals surface area (Å²) < 4.78 is 4.98. The van der Waals surface area contributed by atoms with Gasteiger partial charge in [-0.05, 0) is 17.7 Å². The molecule has 6 nitrogen and oxygen atoms in total. The first-order valence-corrected chi connectivity index (χ1v) is 4.79. The van der Waals surface area contributed by atoms with Crippen molar-refractivity contribution in [3.8, 4) is 0 Å². The smallest absolute Gasteiger partial charge is 0.347 e. The van der Waals surface area contributed by atoms with Crippen LogP contribution in [0.5, 0.6) is 0 Å². The van der Waals surface area contributed by atoms with Crippen LogP contribution in [0.15, 0.2) is 44.7 Å². The molecule has 0 aliphatic rings. The molecule has 6 heteroatoms. The Morgan fingerprint density at radius 1 is 1.41 bits per heavy atom. The fourth-order valence-corrected chi connectivity index (χ4v) is 1.44. The number of nitrogens with zero attached hydrogens (tertiary/aromatic N) is 3. The normalized spacial score (nSPS) is 9.88. The minimum Gasteiger partial charge on any atom is -0.422 e. The van der Waals surface area contributed by atoms with Gasteiger partial charge in [0.15, 0.2) is 5.78 Å². The maximum atomic E-state index is 11.5. The summed E-state index contributed by atoms with van der Waals surface area (Å²) >= 11 is 0. The molecule has 0 fully saturated rings. The van der Waals surface area contributed by atoms with Crippen LogP contribution in [0, 0.1) is 0 Å². The lowest BCUT2D eigenvalue weighted by Gasteiger charge is -1.99. The van der Waals surface area contributed by atoms with E-state index in [-0.39, 0.29) is 12.1 Å². The van der Waals surface area contributed by atoms with Crippen LogP contribution in [0.25, 0.3) is 21.4 Å². The Balaban J connectivity index is 2.54. The van der Waals surface area contributed by atoms with Crippen LogP contribution in [0.3, 0.4) is 0 Å². The predicted octanol–water partition coefficient (Wildman–Crippen LogP) is 2.29. The first-order chi connectivity index (χ1) is 8.22. The highest BCUT2D eigenvalue weighted by Gasteiger charge is 2.12. The summed E-state index contributed by atoms with van der Waals surface area (Å²) in [6.45, 7) is -0.389. The summed E-state index contributed by atoms with van der Waals surface area (Å²) in [5, 5.41) is 3.77. The van der Waals surface area contributed by atoms with Gasteiger partial charge in [0.05, 0.1) is 6.54 Å². The fraction of sp³-hybridized carbons (Fsp3) is 0.0909. The third-order valence-corrected chi connectivity index (χ3v) is 2.22. The Kier molecular flexibility index (Phi) is 2.89. The molecule has 0 N–H and O–H groups in total. The van der Waals surface area contributed by atoms with E-state index in [0.29, 0.717) is 11.0 Å². The maximum Gasteiger partial charge on any atom is 0.347 e. The summed E-state index contributed by atoms with van der Waals surface area (Å²) in [6, 6.07) is 8.30. The molecule has 1 aromatic heterocycles. The van der Waals surface area contributed by atoms with Crippen molar-refractivity contribution in [2.24, 2.45) is 5.11 Å². The van der Waals surface area contributed by atoms with Gasteiger partial charge in [0, 0.05) is 10.3 Å². The number of hydrogen-bond donors (Lipinski definition) is 0.